The number of hydrogen-bond donors (Lipinski definition) is 4. The van der Waals surface area contributed by atoms with Crippen molar-refractivity contribution < 1.29 is 14.6 Å². The fraction of sp³-hybridized carbons (Fsp3) is 0.429. The third kappa shape index (κ3) is 5.76. The van der Waals surface area contributed by atoms with E-state index in [2.05, 4.69) is 35.9 Å². The van der Waals surface area contributed by atoms with E-state index in [4.69, 9.17) is 9.47 Å². The molecule has 1 atom stereocenters. The van der Waals surface area contributed by atoms with Crippen LogP contribution in [-0.4, -0.2) is 55.6 Å². The van der Waals surface area contributed by atoms with E-state index >= 15 is 0 Å². The maximum absolute atomic E-state index is 9.52. The average Bonchev–Trinajstić information content (AvgIpc) is 3.50. The first-order valence-electron chi connectivity index (χ1n) is 10.7. The molecule has 0 saturated carbocycles. The van der Waals surface area contributed by atoms with E-state index in [-0.39, 0.29) is 19.4 Å². The van der Waals surface area contributed by atoms with Crippen LogP contribution in [0.25, 0.3) is 0 Å². The summed E-state index contributed by atoms with van der Waals surface area (Å²) in [6, 6.07) is 5.66. The van der Waals surface area contributed by atoms with E-state index in [1.54, 1.807) is 12.5 Å². The van der Waals surface area contributed by atoms with Crippen molar-refractivity contribution in [1.82, 2.24) is 24.5 Å². The number of imidazole rings is 1. The van der Waals surface area contributed by atoms with Gasteiger partial charge in [0.15, 0.2) is 11.5 Å². The normalized spacial score (nSPS) is 13.1. The highest BCUT2D eigenvalue weighted by Crippen LogP contribution is 2.32. The van der Waals surface area contributed by atoms with E-state index in [1.165, 1.54) is 0 Å². The van der Waals surface area contributed by atoms with Crippen molar-refractivity contribution in [3.63, 3.8) is 0 Å². The zero-order valence-corrected chi connectivity index (χ0v) is 18.0. The van der Waals surface area contributed by atoms with Crippen molar-refractivity contribution >= 4 is 17.8 Å². The number of anilines is 3. The van der Waals surface area contributed by atoms with Gasteiger partial charge in [-0.1, -0.05) is 13.0 Å². The summed E-state index contributed by atoms with van der Waals surface area (Å²) in [6.45, 7) is 4.28. The Morgan fingerprint density at radius 3 is 2.69 bits per heavy atom. The number of aromatic nitrogens is 5. The minimum atomic E-state index is -0.131. The maximum atomic E-state index is 9.52. The van der Waals surface area contributed by atoms with E-state index in [1.807, 2.05) is 35.9 Å². The molecule has 3 heterocycles. The summed E-state index contributed by atoms with van der Waals surface area (Å²) in [6.07, 6.45) is 7.13. The van der Waals surface area contributed by atoms with E-state index in [0.29, 0.717) is 30.9 Å². The molecule has 0 spiro atoms. The highest BCUT2D eigenvalue weighted by Gasteiger charge is 2.14. The van der Waals surface area contributed by atoms with Crippen LogP contribution in [0.4, 0.5) is 17.8 Å². The predicted molar refractivity (Wildman–Crippen MR) is 120 cm³/mol. The molecule has 0 saturated heterocycles. The molecule has 4 N–H and O–H groups in total. The minimum absolute atomic E-state index is 0.00416. The Labute approximate surface area is 186 Å². The lowest BCUT2D eigenvalue weighted by Crippen LogP contribution is -2.25. The van der Waals surface area contributed by atoms with Gasteiger partial charge in [-0.15, -0.1) is 0 Å². The molecule has 0 aliphatic carbocycles. The van der Waals surface area contributed by atoms with Gasteiger partial charge in [0.25, 0.3) is 0 Å². The molecule has 0 unspecified atom stereocenters. The van der Waals surface area contributed by atoms with Crippen molar-refractivity contribution in [2.24, 2.45) is 0 Å². The number of ether oxygens (including phenoxy) is 2. The van der Waals surface area contributed by atoms with Crippen molar-refractivity contribution in [3.05, 3.63) is 42.5 Å². The number of aliphatic hydroxyl groups excluding tert-OH is 1. The molecule has 3 aromatic rings. The van der Waals surface area contributed by atoms with Crippen LogP contribution in [-0.2, 0) is 13.1 Å². The fourth-order valence-corrected chi connectivity index (χ4v) is 3.17. The molecule has 32 heavy (non-hydrogen) atoms. The van der Waals surface area contributed by atoms with Gasteiger partial charge in [0.2, 0.25) is 24.6 Å². The lowest BCUT2D eigenvalue weighted by molar-refractivity contribution is 0.174. The zero-order chi connectivity index (χ0) is 22.2. The Balaban J connectivity index is 1.41. The first-order chi connectivity index (χ1) is 15.7. The third-order valence-electron chi connectivity index (χ3n) is 5.00. The fourth-order valence-electron chi connectivity index (χ4n) is 3.17. The van der Waals surface area contributed by atoms with Gasteiger partial charge >= 0.3 is 0 Å². The molecular weight excluding hydrogens is 412 g/mol. The van der Waals surface area contributed by atoms with Crippen LogP contribution >= 0.6 is 0 Å². The van der Waals surface area contributed by atoms with Crippen LogP contribution in [0.5, 0.6) is 11.5 Å². The van der Waals surface area contributed by atoms with Gasteiger partial charge in [-0.2, -0.15) is 15.0 Å². The standard InChI is InChI=1S/C21H28N8O3/c1-2-16(12-30)25-21-27-19(23-6-3-8-29-9-7-22-13-29)26-20(28-21)24-11-15-4-5-17-18(10-15)32-14-31-17/h4-5,7,9-10,13,16,30H,2-3,6,8,11-12,14H2,1H3,(H3,23,24,25,26,27,28)/t16-/m1/s1. The number of rotatable bonds is 12. The SMILES string of the molecule is CC[C@H](CO)Nc1nc(NCCCn2ccnc2)nc(NCc2ccc3c(c2)OCO3)n1. The largest absolute Gasteiger partial charge is 0.454 e. The smallest absolute Gasteiger partial charge is 0.231 e. The number of hydrogen-bond acceptors (Lipinski definition) is 10. The Bertz CT molecular complexity index is 995. The summed E-state index contributed by atoms with van der Waals surface area (Å²) in [5.74, 6) is 2.79. The molecule has 1 aliphatic rings. The summed E-state index contributed by atoms with van der Waals surface area (Å²) in [5.41, 5.74) is 1.01. The quantitative estimate of drug-likeness (QED) is 0.310. The van der Waals surface area contributed by atoms with Crippen molar-refractivity contribution in [2.75, 3.05) is 35.9 Å². The van der Waals surface area contributed by atoms with Crippen LogP contribution in [0, 0.1) is 0 Å². The second kappa shape index (κ2) is 10.6. The number of nitrogens with zero attached hydrogens (tertiary/aromatic N) is 5. The zero-order valence-electron chi connectivity index (χ0n) is 18.0. The van der Waals surface area contributed by atoms with Gasteiger partial charge in [0.1, 0.15) is 0 Å². The van der Waals surface area contributed by atoms with Crippen LogP contribution in [0.1, 0.15) is 25.3 Å². The number of aryl methyl sites for hydroxylation is 1. The molecule has 4 rings (SSSR count). The van der Waals surface area contributed by atoms with Gasteiger partial charge in [0, 0.05) is 32.0 Å². The highest BCUT2D eigenvalue weighted by molar-refractivity contribution is 5.46. The molecule has 170 valence electrons. The second-order valence-electron chi connectivity index (χ2n) is 7.36. The van der Waals surface area contributed by atoms with Crippen LogP contribution in [0.3, 0.4) is 0 Å². The van der Waals surface area contributed by atoms with E-state index < -0.39 is 0 Å². The van der Waals surface area contributed by atoms with Crippen molar-refractivity contribution in [1.29, 1.82) is 0 Å². The van der Waals surface area contributed by atoms with E-state index in [9.17, 15) is 5.11 Å². The van der Waals surface area contributed by atoms with Gasteiger partial charge in [-0.05, 0) is 30.5 Å². The lowest BCUT2D eigenvalue weighted by Gasteiger charge is -2.16. The molecule has 11 heteroatoms. The Morgan fingerprint density at radius 1 is 1.09 bits per heavy atom. The molecule has 0 amide bonds. The van der Waals surface area contributed by atoms with Crippen molar-refractivity contribution in [3.8, 4) is 11.5 Å². The third-order valence-corrected chi connectivity index (χ3v) is 5.00. The Kier molecular flexibility index (Phi) is 7.18. The number of fused-ring (bicyclic) bond motifs is 1. The molecule has 0 radical (unpaired) electrons. The maximum Gasteiger partial charge on any atom is 0.231 e. The average molecular weight is 441 g/mol. The highest BCUT2D eigenvalue weighted by atomic mass is 16.7. The summed E-state index contributed by atoms with van der Waals surface area (Å²) in [4.78, 5) is 17.5. The summed E-state index contributed by atoms with van der Waals surface area (Å²) in [5, 5.41) is 19.2. The topological polar surface area (TPSA) is 131 Å². The van der Waals surface area contributed by atoms with Gasteiger partial charge in [0.05, 0.1) is 19.0 Å². The molecule has 0 fully saturated rings. The number of aliphatic hydroxyl groups is 1. The van der Waals surface area contributed by atoms with Gasteiger partial charge in [-0.25, -0.2) is 4.98 Å². The minimum Gasteiger partial charge on any atom is -0.454 e. The molecule has 1 aliphatic heterocycles. The summed E-state index contributed by atoms with van der Waals surface area (Å²) < 4.78 is 12.8. The number of benzene rings is 1. The molecular formula is C21H28N8O3. The number of nitrogens with one attached hydrogen (secondary N) is 3. The second-order valence-corrected chi connectivity index (χ2v) is 7.36. The van der Waals surface area contributed by atoms with Gasteiger partial charge in [-0.3, -0.25) is 0 Å². The summed E-state index contributed by atoms with van der Waals surface area (Å²) in [7, 11) is 0. The monoisotopic (exact) mass is 440 g/mol. The predicted octanol–water partition coefficient (Wildman–Crippen LogP) is 2.09. The van der Waals surface area contributed by atoms with Gasteiger partial charge < -0.3 is 35.1 Å². The van der Waals surface area contributed by atoms with E-state index in [0.717, 1.165) is 36.4 Å². The first kappa shape index (κ1) is 21.6. The molecule has 2 aromatic heterocycles. The molecule has 1 aromatic carbocycles. The lowest BCUT2D eigenvalue weighted by atomic mass is 10.2. The van der Waals surface area contributed by atoms with Crippen LogP contribution in [0.15, 0.2) is 36.9 Å². The molecule has 0 bridgehead atoms. The summed E-state index contributed by atoms with van der Waals surface area (Å²) >= 11 is 0. The van der Waals surface area contributed by atoms with Crippen molar-refractivity contribution in [2.45, 2.75) is 38.9 Å². The Hall–Kier alpha value is -3.60. The first-order valence-corrected chi connectivity index (χ1v) is 10.7. The Morgan fingerprint density at radius 2 is 1.91 bits per heavy atom. The van der Waals surface area contributed by atoms with Crippen LogP contribution < -0.4 is 25.4 Å². The molecule has 11 nitrogen and oxygen atoms in total. The van der Waals surface area contributed by atoms with Crippen LogP contribution in [0.2, 0.25) is 0 Å².